The van der Waals surface area contributed by atoms with Crippen LogP contribution in [0.25, 0.3) is 0 Å². The van der Waals surface area contributed by atoms with Crippen LogP contribution in [0.3, 0.4) is 0 Å². The number of aromatic nitrogens is 1. The number of amides is 1. The fraction of sp³-hybridized carbons (Fsp3) is 0.571. The molecule has 0 aromatic carbocycles. The van der Waals surface area contributed by atoms with Gasteiger partial charge in [-0.15, -0.1) is 0 Å². The van der Waals surface area contributed by atoms with E-state index < -0.39 is 0 Å². The van der Waals surface area contributed by atoms with Crippen LogP contribution in [0.4, 0.5) is 5.82 Å². The molecule has 0 saturated heterocycles. The van der Waals surface area contributed by atoms with Crippen molar-refractivity contribution in [3.63, 3.8) is 0 Å². The lowest BCUT2D eigenvalue weighted by Crippen LogP contribution is -2.37. The van der Waals surface area contributed by atoms with Crippen molar-refractivity contribution in [1.29, 1.82) is 0 Å². The van der Waals surface area contributed by atoms with Gasteiger partial charge < -0.3 is 20.1 Å². The Labute approximate surface area is 133 Å². The molecule has 0 unspecified atom stereocenters. The Balaban J connectivity index is 2.79. The van der Waals surface area contributed by atoms with Crippen LogP contribution in [0.1, 0.15) is 24.2 Å². The van der Waals surface area contributed by atoms with Gasteiger partial charge in [-0.25, -0.2) is 4.98 Å². The molecule has 7 heteroatoms. The van der Waals surface area contributed by atoms with E-state index in [4.69, 9.17) is 15.2 Å². The fourth-order valence-electron chi connectivity index (χ4n) is 1.74. The van der Waals surface area contributed by atoms with E-state index >= 15 is 0 Å². The van der Waals surface area contributed by atoms with Crippen molar-refractivity contribution < 1.29 is 14.3 Å². The number of halogens is 1. The molecular weight excluding hydrogens is 338 g/mol. The predicted molar refractivity (Wildman–Crippen MR) is 85.2 cm³/mol. The molecule has 0 spiro atoms. The summed E-state index contributed by atoms with van der Waals surface area (Å²) < 4.78 is 11.4. The Hall–Kier alpha value is -1.18. The topological polar surface area (TPSA) is 77.7 Å². The van der Waals surface area contributed by atoms with E-state index in [1.165, 1.54) is 0 Å². The molecule has 118 valence electrons. The quantitative estimate of drug-likeness (QED) is 0.681. The molecule has 0 fully saturated rings. The molecule has 0 aliphatic carbocycles. The van der Waals surface area contributed by atoms with Gasteiger partial charge in [0, 0.05) is 37.0 Å². The molecule has 1 rings (SSSR count). The number of ether oxygens (including phenoxy) is 2. The van der Waals surface area contributed by atoms with Gasteiger partial charge in [-0.05, 0) is 35.8 Å². The molecule has 1 amide bonds. The minimum Gasteiger partial charge on any atom is -0.383 e. The van der Waals surface area contributed by atoms with Crippen molar-refractivity contribution in [2.45, 2.75) is 13.8 Å². The standard InChI is InChI=1S/C14H22BrN3O3/c1-3-20-7-5-18(6-8-21-4-2)14(19)12-9-11(15)10-17-13(12)16/h9-10H,3-8H2,1-2H3,(H2,16,17). The Morgan fingerprint density at radius 3 is 2.38 bits per heavy atom. The van der Waals surface area contributed by atoms with Crippen LogP contribution in [0.5, 0.6) is 0 Å². The first kappa shape index (κ1) is 17.9. The molecular formula is C14H22BrN3O3. The van der Waals surface area contributed by atoms with Crippen LogP contribution >= 0.6 is 15.9 Å². The minimum atomic E-state index is -0.166. The summed E-state index contributed by atoms with van der Waals surface area (Å²) in [6.45, 7) is 7.02. The van der Waals surface area contributed by atoms with Crippen LogP contribution in [0, 0.1) is 0 Å². The first-order chi connectivity index (χ1) is 10.1. The molecule has 0 bridgehead atoms. The predicted octanol–water partition coefficient (Wildman–Crippen LogP) is 1.94. The number of anilines is 1. The van der Waals surface area contributed by atoms with E-state index in [1.54, 1.807) is 17.2 Å². The van der Waals surface area contributed by atoms with Gasteiger partial charge in [0.05, 0.1) is 18.8 Å². The maximum Gasteiger partial charge on any atom is 0.257 e. The normalized spacial score (nSPS) is 10.6. The first-order valence-corrected chi connectivity index (χ1v) is 7.75. The average molecular weight is 360 g/mol. The third kappa shape index (κ3) is 5.99. The van der Waals surface area contributed by atoms with Gasteiger partial charge in [0.25, 0.3) is 5.91 Å². The zero-order valence-electron chi connectivity index (χ0n) is 12.5. The van der Waals surface area contributed by atoms with Crippen molar-refractivity contribution in [1.82, 2.24) is 9.88 Å². The molecule has 0 atom stereocenters. The lowest BCUT2D eigenvalue weighted by atomic mass is 10.2. The molecule has 6 nitrogen and oxygen atoms in total. The van der Waals surface area contributed by atoms with Gasteiger partial charge in [0.2, 0.25) is 0 Å². The van der Waals surface area contributed by atoms with E-state index in [1.807, 2.05) is 13.8 Å². The second-order valence-corrected chi connectivity index (χ2v) is 5.19. The number of carbonyl (C=O) groups excluding carboxylic acids is 1. The van der Waals surface area contributed by atoms with Gasteiger partial charge >= 0.3 is 0 Å². The van der Waals surface area contributed by atoms with Crippen molar-refractivity contribution in [3.05, 3.63) is 22.3 Å². The third-order valence-electron chi connectivity index (χ3n) is 2.82. The summed E-state index contributed by atoms with van der Waals surface area (Å²) in [7, 11) is 0. The third-order valence-corrected chi connectivity index (χ3v) is 3.26. The van der Waals surface area contributed by atoms with Crippen molar-refractivity contribution in [2.24, 2.45) is 0 Å². The number of carbonyl (C=O) groups is 1. The second-order valence-electron chi connectivity index (χ2n) is 4.27. The van der Waals surface area contributed by atoms with Gasteiger partial charge in [0.15, 0.2) is 0 Å². The number of nitrogens with zero attached hydrogens (tertiary/aromatic N) is 2. The highest BCUT2D eigenvalue weighted by Crippen LogP contribution is 2.17. The molecule has 0 aliphatic heterocycles. The van der Waals surface area contributed by atoms with Crippen LogP contribution in [0.2, 0.25) is 0 Å². The highest BCUT2D eigenvalue weighted by Gasteiger charge is 2.19. The summed E-state index contributed by atoms with van der Waals surface area (Å²) in [4.78, 5) is 18.2. The molecule has 21 heavy (non-hydrogen) atoms. The highest BCUT2D eigenvalue weighted by atomic mass is 79.9. The van der Waals surface area contributed by atoms with E-state index in [-0.39, 0.29) is 11.7 Å². The van der Waals surface area contributed by atoms with Crippen LogP contribution in [0.15, 0.2) is 16.7 Å². The van der Waals surface area contributed by atoms with Crippen molar-refractivity contribution in [3.8, 4) is 0 Å². The average Bonchev–Trinajstić information content (AvgIpc) is 2.48. The lowest BCUT2D eigenvalue weighted by molar-refractivity contribution is 0.0550. The van der Waals surface area contributed by atoms with Crippen LogP contribution in [-0.4, -0.2) is 55.3 Å². The summed E-state index contributed by atoms with van der Waals surface area (Å²) in [5.74, 6) is 0.0572. The van der Waals surface area contributed by atoms with Crippen molar-refractivity contribution in [2.75, 3.05) is 45.3 Å². The van der Waals surface area contributed by atoms with Gasteiger partial charge in [-0.3, -0.25) is 4.79 Å². The summed E-state index contributed by atoms with van der Waals surface area (Å²) in [6, 6.07) is 1.68. The SMILES string of the molecule is CCOCCN(CCOCC)C(=O)c1cc(Br)cnc1N. The summed E-state index contributed by atoms with van der Waals surface area (Å²) in [6.07, 6.45) is 1.57. The number of hydrogen-bond donors (Lipinski definition) is 1. The molecule has 0 aliphatic rings. The summed E-state index contributed by atoms with van der Waals surface area (Å²) in [5.41, 5.74) is 6.18. The number of nitrogen functional groups attached to an aromatic ring is 1. The monoisotopic (exact) mass is 359 g/mol. The number of hydrogen-bond acceptors (Lipinski definition) is 5. The maximum atomic E-state index is 12.6. The zero-order chi connectivity index (χ0) is 15.7. The Morgan fingerprint density at radius 1 is 1.29 bits per heavy atom. The van der Waals surface area contributed by atoms with Gasteiger partial charge in [-0.1, -0.05) is 0 Å². The number of nitrogens with two attached hydrogens (primary N) is 1. The van der Waals surface area contributed by atoms with E-state index in [0.29, 0.717) is 45.1 Å². The fourth-order valence-corrected chi connectivity index (χ4v) is 2.08. The summed E-state index contributed by atoms with van der Waals surface area (Å²) >= 11 is 3.30. The highest BCUT2D eigenvalue weighted by molar-refractivity contribution is 9.10. The Kier molecular flexibility index (Phi) is 8.26. The maximum absolute atomic E-state index is 12.6. The number of rotatable bonds is 9. The molecule has 0 radical (unpaired) electrons. The smallest absolute Gasteiger partial charge is 0.257 e. The molecule has 2 N–H and O–H groups in total. The van der Waals surface area contributed by atoms with Crippen LogP contribution < -0.4 is 5.73 Å². The summed E-state index contributed by atoms with van der Waals surface area (Å²) in [5, 5.41) is 0. The molecule has 1 heterocycles. The van der Waals surface area contributed by atoms with E-state index in [0.717, 1.165) is 4.47 Å². The molecule has 0 saturated carbocycles. The van der Waals surface area contributed by atoms with Gasteiger partial charge in [0.1, 0.15) is 5.82 Å². The zero-order valence-corrected chi connectivity index (χ0v) is 14.1. The van der Waals surface area contributed by atoms with Crippen LogP contribution in [-0.2, 0) is 9.47 Å². The molecule has 1 aromatic rings. The number of pyridine rings is 1. The lowest BCUT2D eigenvalue weighted by Gasteiger charge is -2.23. The second kappa shape index (κ2) is 9.70. The van der Waals surface area contributed by atoms with Crippen molar-refractivity contribution >= 4 is 27.7 Å². The molecule has 1 aromatic heterocycles. The Morgan fingerprint density at radius 2 is 1.86 bits per heavy atom. The first-order valence-electron chi connectivity index (χ1n) is 6.95. The largest absolute Gasteiger partial charge is 0.383 e. The van der Waals surface area contributed by atoms with E-state index in [9.17, 15) is 4.79 Å². The van der Waals surface area contributed by atoms with Gasteiger partial charge in [-0.2, -0.15) is 0 Å². The Bertz CT molecular complexity index is 447. The van der Waals surface area contributed by atoms with E-state index in [2.05, 4.69) is 20.9 Å². The minimum absolute atomic E-state index is 0.166.